The van der Waals surface area contributed by atoms with Gasteiger partial charge in [0, 0.05) is 46.8 Å². The van der Waals surface area contributed by atoms with Gasteiger partial charge in [-0.25, -0.2) is 0 Å². The van der Waals surface area contributed by atoms with Crippen molar-refractivity contribution in [3.05, 3.63) is 200 Å². The van der Waals surface area contributed by atoms with Crippen LogP contribution in [0.5, 0.6) is 11.5 Å². The molecule has 4 aliphatic heterocycles. The highest BCUT2D eigenvalue weighted by Crippen LogP contribution is 2.46. The second-order valence-corrected chi connectivity index (χ2v) is 19.2. The molecule has 0 radical (unpaired) electrons. The summed E-state index contributed by atoms with van der Waals surface area (Å²) >= 11 is 5.67. The van der Waals surface area contributed by atoms with Crippen LogP contribution in [-0.4, -0.2) is 13.4 Å². The minimum Gasteiger partial charge on any atom is -0.458 e. The average Bonchev–Trinajstić information content (AvgIpc) is 3.31. The Morgan fingerprint density at radius 1 is 0.328 bits per heavy atom. The highest BCUT2D eigenvalue weighted by molar-refractivity contribution is 8.01. The van der Waals surface area contributed by atoms with Crippen LogP contribution in [-0.2, 0) is 0 Å². The predicted octanol–water partition coefficient (Wildman–Crippen LogP) is 11.0. The molecule has 4 heterocycles. The summed E-state index contributed by atoms with van der Waals surface area (Å²) in [5.74, 6) is 1.86. The van der Waals surface area contributed by atoms with Crippen LogP contribution in [0.1, 0.15) is 0 Å². The molecule has 0 atom stereocenters. The first-order chi connectivity index (χ1) is 30.2. The fourth-order valence-electron chi connectivity index (χ4n) is 9.86. The zero-order chi connectivity index (χ0) is 40.0. The largest absolute Gasteiger partial charge is 0.458 e. The van der Waals surface area contributed by atoms with Crippen LogP contribution in [0.3, 0.4) is 0 Å². The Morgan fingerprint density at radius 2 is 0.836 bits per heavy atom. The highest BCUT2D eigenvalue weighted by Gasteiger charge is 2.44. The highest BCUT2D eigenvalue weighted by atomic mass is 32.2. The summed E-state index contributed by atoms with van der Waals surface area (Å²) in [6, 6.07) is 73.4. The van der Waals surface area contributed by atoms with E-state index in [1.165, 1.54) is 84.4 Å². The maximum atomic E-state index is 7.23. The molecule has 0 spiro atoms. The summed E-state index contributed by atoms with van der Waals surface area (Å²) in [5, 5.41) is 0. The summed E-state index contributed by atoms with van der Waals surface area (Å²) < 4.78 is 7.23. The van der Waals surface area contributed by atoms with E-state index in [4.69, 9.17) is 4.74 Å². The van der Waals surface area contributed by atoms with Crippen LogP contribution in [0.4, 0.5) is 17.1 Å². The fourth-order valence-corrected chi connectivity index (χ4v) is 13.6. The van der Waals surface area contributed by atoms with Crippen LogP contribution in [0, 0.1) is 0 Å². The Morgan fingerprint density at radius 3 is 1.48 bits per heavy atom. The molecule has 7 heteroatoms. The molecular weight excluding hydrogens is 796 g/mol. The summed E-state index contributed by atoms with van der Waals surface area (Å²) in [5.41, 5.74) is 16.3. The van der Waals surface area contributed by atoms with Crippen LogP contribution >= 0.6 is 35.3 Å². The van der Waals surface area contributed by atoms with Gasteiger partial charge in [-0.3, -0.25) is 0 Å². The first-order valence-electron chi connectivity index (χ1n) is 20.7. The molecular formula is C54H33B2NOS3. The van der Waals surface area contributed by atoms with E-state index in [1.54, 1.807) is 0 Å². The minimum atomic E-state index is 0.0448. The van der Waals surface area contributed by atoms with Crippen LogP contribution in [0.25, 0.3) is 22.3 Å². The second-order valence-electron chi connectivity index (χ2n) is 15.9. The van der Waals surface area contributed by atoms with Gasteiger partial charge < -0.3 is 9.64 Å². The van der Waals surface area contributed by atoms with Crippen LogP contribution in [0.15, 0.2) is 230 Å². The van der Waals surface area contributed by atoms with E-state index < -0.39 is 0 Å². The van der Waals surface area contributed by atoms with Crippen molar-refractivity contribution in [2.24, 2.45) is 0 Å². The van der Waals surface area contributed by atoms with Crippen LogP contribution < -0.4 is 42.4 Å². The van der Waals surface area contributed by atoms with Gasteiger partial charge in [0.1, 0.15) is 11.5 Å². The lowest BCUT2D eigenvalue weighted by Crippen LogP contribution is -2.62. The number of ether oxygens (including phenoxy) is 1. The summed E-state index contributed by atoms with van der Waals surface area (Å²) in [4.78, 5) is 10.1. The third-order valence-corrected chi connectivity index (χ3v) is 15.9. The van der Waals surface area contributed by atoms with Crippen molar-refractivity contribution in [1.82, 2.24) is 0 Å². The van der Waals surface area contributed by atoms with Gasteiger partial charge in [-0.2, -0.15) is 0 Å². The number of fused-ring (bicyclic) bond motifs is 8. The van der Waals surface area contributed by atoms with Crippen molar-refractivity contribution in [3.8, 4) is 33.8 Å². The zero-order valence-electron chi connectivity index (χ0n) is 32.8. The predicted molar refractivity (Wildman–Crippen MR) is 260 cm³/mol. The van der Waals surface area contributed by atoms with Gasteiger partial charge >= 0.3 is 0 Å². The summed E-state index contributed by atoms with van der Waals surface area (Å²) in [6.45, 7) is 0.160. The van der Waals surface area contributed by atoms with Crippen molar-refractivity contribution in [1.29, 1.82) is 0 Å². The van der Waals surface area contributed by atoms with E-state index in [2.05, 4.69) is 205 Å². The van der Waals surface area contributed by atoms with Gasteiger partial charge in [-0.1, -0.05) is 185 Å². The Bertz CT molecular complexity index is 3190. The molecule has 0 fully saturated rings. The lowest BCUT2D eigenvalue weighted by Gasteiger charge is -2.37. The maximum Gasteiger partial charge on any atom is 0.253 e. The Balaban J connectivity index is 0.996. The molecule has 0 unspecified atom stereocenters. The van der Waals surface area contributed by atoms with E-state index in [-0.39, 0.29) is 13.4 Å². The number of hydrogen-bond acceptors (Lipinski definition) is 5. The minimum absolute atomic E-state index is 0.0448. The number of nitrogens with zero attached hydrogens (tertiary/aromatic N) is 1. The van der Waals surface area contributed by atoms with E-state index in [1.807, 2.05) is 35.3 Å². The van der Waals surface area contributed by atoms with E-state index in [0.717, 1.165) is 28.6 Å². The fraction of sp³-hybridized carbons (Fsp3) is 0. The Hall–Kier alpha value is -6.24. The third-order valence-electron chi connectivity index (χ3n) is 12.5. The van der Waals surface area contributed by atoms with E-state index in [9.17, 15) is 0 Å². The Labute approximate surface area is 369 Å². The number of anilines is 3. The van der Waals surface area contributed by atoms with Crippen LogP contribution in [0.2, 0.25) is 0 Å². The summed E-state index contributed by atoms with van der Waals surface area (Å²) in [6.07, 6.45) is 0. The molecule has 9 aromatic carbocycles. The average molecular weight is 830 g/mol. The number of hydrogen-bond donors (Lipinski definition) is 0. The van der Waals surface area contributed by atoms with Crippen molar-refractivity contribution in [2.45, 2.75) is 29.4 Å². The molecule has 0 aromatic heterocycles. The third kappa shape index (κ3) is 5.71. The molecule has 0 N–H and O–H groups in total. The summed E-state index contributed by atoms with van der Waals surface area (Å²) in [7, 11) is 0. The molecule has 0 amide bonds. The quantitative estimate of drug-likeness (QED) is 0.160. The molecule has 4 aliphatic rings. The smallest absolute Gasteiger partial charge is 0.253 e. The van der Waals surface area contributed by atoms with Crippen molar-refractivity contribution in [2.75, 3.05) is 4.90 Å². The number of para-hydroxylation sites is 2. The molecule has 9 aromatic rings. The maximum absolute atomic E-state index is 7.23. The second kappa shape index (κ2) is 14.2. The van der Waals surface area contributed by atoms with Gasteiger partial charge in [0.2, 0.25) is 6.71 Å². The zero-order valence-corrected chi connectivity index (χ0v) is 35.2. The van der Waals surface area contributed by atoms with Gasteiger partial charge in [-0.05, 0) is 99.3 Å². The van der Waals surface area contributed by atoms with E-state index in [0.29, 0.717) is 0 Å². The van der Waals surface area contributed by atoms with Gasteiger partial charge in [0.25, 0.3) is 6.71 Å². The Kier molecular flexibility index (Phi) is 8.25. The standard InChI is InChI=1S/C54H33B2NOS3/c1-4-16-34(17-5-1)39-22-10-11-23-40(39)35-28-50-54-51(29-35)61-49-33-45-43(32-44(49)56(54)42-25-13-15-27-48(42)59-50)55-41-24-12-14-26-47(41)60-52-31-38(30-46(58-45)53(52)55)57(36-18-6-2-7-19-36)37-20-8-3-9-21-37/h1-33H. The lowest BCUT2D eigenvalue weighted by atomic mass is 9.32. The van der Waals surface area contributed by atoms with E-state index >= 15 is 0 Å². The molecule has 0 aliphatic carbocycles. The molecule has 13 rings (SSSR count). The van der Waals surface area contributed by atoms with Gasteiger partial charge in [0.15, 0.2) is 0 Å². The molecule has 61 heavy (non-hydrogen) atoms. The SMILES string of the molecule is c1ccc(-c2ccccc2-c2cc3c4c(c2)Sc2cc5c(cc2B4c2ccccc2S3)B2c3ccccc3Sc3cc(N(c4ccccc4)c4ccccc4)cc(c32)O5)cc1. The van der Waals surface area contributed by atoms with Crippen molar-refractivity contribution in [3.63, 3.8) is 0 Å². The topological polar surface area (TPSA) is 12.5 Å². The van der Waals surface area contributed by atoms with Gasteiger partial charge in [0.05, 0.1) is 5.69 Å². The normalized spacial score (nSPS) is 13.4. The molecule has 284 valence electrons. The first-order valence-corrected chi connectivity index (χ1v) is 23.2. The van der Waals surface area contributed by atoms with Gasteiger partial charge in [-0.15, -0.1) is 0 Å². The number of rotatable bonds is 5. The molecule has 0 saturated heterocycles. The monoisotopic (exact) mass is 829 g/mol. The van der Waals surface area contributed by atoms with Crippen molar-refractivity contribution < 1.29 is 4.74 Å². The first kappa shape index (κ1) is 35.5. The number of benzene rings is 9. The lowest BCUT2D eigenvalue weighted by molar-refractivity contribution is 0.485. The van der Waals surface area contributed by atoms with Crippen molar-refractivity contribution >= 4 is 98.6 Å². The molecule has 0 saturated carbocycles. The molecule has 0 bridgehead atoms. The molecule has 2 nitrogen and oxygen atoms in total.